The van der Waals surface area contributed by atoms with Crippen LogP contribution >= 0.6 is 11.3 Å². The molecule has 0 bridgehead atoms. The highest BCUT2D eigenvalue weighted by Gasteiger charge is 2.32. The van der Waals surface area contributed by atoms with Gasteiger partial charge >= 0.3 is 12.1 Å². The first-order valence-corrected chi connectivity index (χ1v) is 10.5. The van der Waals surface area contributed by atoms with Crippen LogP contribution in [0.3, 0.4) is 0 Å². The summed E-state index contributed by atoms with van der Waals surface area (Å²) in [4.78, 5) is 38.9. The fraction of sp³-hybridized carbons (Fsp3) is 0.381. The summed E-state index contributed by atoms with van der Waals surface area (Å²) in [5, 5.41) is 0. The number of rotatable bonds is 7. The largest absolute Gasteiger partial charge is 0.463 e. The Morgan fingerprint density at radius 1 is 1.16 bits per heavy atom. The number of hydrogen-bond donors (Lipinski definition) is 0. The molecule has 0 aliphatic carbocycles. The van der Waals surface area contributed by atoms with Gasteiger partial charge in [-0.05, 0) is 38.5 Å². The summed E-state index contributed by atoms with van der Waals surface area (Å²) in [6.07, 6.45) is -2.41. The highest BCUT2D eigenvalue weighted by molar-refractivity contribution is 7.07. The van der Waals surface area contributed by atoms with Gasteiger partial charge in [0.2, 0.25) is 5.91 Å². The number of ether oxygens (including phenoxy) is 1. The SMILES string of the molecule is CCOC(=O)/C=c1\s/c(=C\c2ccccc2C(F)(F)F)c(=O)n1CC(=O)N(CC)CC. The monoisotopic (exact) mass is 456 g/mol. The van der Waals surface area contributed by atoms with Crippen molar-refractivity contribution in [3.63, 3.8) is 0 Å². The van der Waals surface area contributed by atoms with Gasteiger partial charge in [0.1, 0.15) is 11.2 Å². The minimum absolute atomic E-state index is 0.0282. The van der Waals surface area contributed by atoms with E-state index in [1.165, 1.54) is 23.1 Å². The summed E-state index contributed by atoms with van der Waals surface area (Å²) in [6.45, 7) is 5.84. The zero-order valence-electron chi connectivity index (χ0n) is 17.4. The molecule has 2 aromatic rings. The highest BCUT2D eigenvalue weighted by atomic mass is 32.1. The Morgan fingerprint density at radius 3 is 2.39 bits per heavy atom. The van der Waals surface area contributed by atoms with Gasteiger partial charge < -0.3 is 9.64 Å². The second-order valence-electron chi connectivity index (χ2n) is 6.39. The van der Waals surface area contributed by atoms with Gasteiger partial charge in [-0.1, -0.05) is 18.2 Å². The average molecular weight is 456 g/mol. The summed E-state index contributed by atoms with van der Waals surface area (Å²) in [5.41, 5.74) is -1.72. The van der Waals surface area contributed by atoms with Gasteiger partial charge in [-0.15, -0.1) is 11.3 Å². The number of aromatic nitrogens is 1. The molecule has 1 amide bonds. The molecule has 0 spiro atoms. The lowest BCUT2D eigenvalue weighted by Crippen LogP contribution is -2.40. The van der Waals surface area contributed by atoms with E-state index in [0.29, 0.717) is 13.1 Å². The number of thiazole rings is 1. The first-order chi connectivity index (χ1) is 14.6. The van der Waals surface area contributed by atoms with Crippen molar-refractivity contribution in [2.24, 2.45) is 0 Å². The third-order valence-electron chi connectivity index (χ3n) is 4.43. The molecule has 0 N–H and O–H groups in total. The van der Waals surface area contributed by atoms with Crippen LogP contribution in [-0.4, -0.2) is 41.0 Å². The lowest BCUT2D eigenvalue weighted by molar-refractivity contribution is -0.138. The fourth-order valence-corrected chi connectivity index (χ4v) is 3.93. The molecule has 168 valence electrons. The van der Waals surface area contributed by atoms with Gasteiger partial charge in [-0.2, -0.15) is 13.2 Å². The molecule has 0 fully saturated rings. The lowest BCUT2D eigenvalue weighted by atomic mass is 10.1. The molecular weight excluding hydrogens is 433 g/mol. The molecule has 0 radical (unpaired) electrons. The number of benzene rings is 1. The van der Waals surface area contributed by atoms with E-state index in [0.717, 1.165) is 34.1 Å². The Morgan fingerprint density at radius 2 is 1.81 bits per heavy atom. The summed E-state index contributed by atoms with van der Waals surface area (Å²) >= 11 is 0.824. The maximum atomic E-state index is 13.3. The van der Waals surface area contributed by atoms with Crippen molar-refractivity contribution in [1.82, 2.24) is 9.47 Å². The average Bonchev–Trinajstić information content (AvgIpc) is 2.97. The molecule has 0 atom stereocenters. The molecular formula is C21H23F3N2O4S. The number of halogens is 3. The summed E-state index contributed by atoms with van der Waals surface area (Å²) < 4.78 is 46.0. The molecule has 1 heterocycles. The van der Waals surface area contributed by atoms with Crippen LogP contribution in [0.2, 0.25) is 0 Å². The third kappa shape index (κ3) is 6.06. The molecule has 2 rings (SSSR count). The minimum Gasteiger partial charge on any atom is -0.463 e. The summed E-state index contributed by atoms with van der Waals surface area (Å²) in [5.74, 6) is -1.05. The van der Waals surface area contributed by atoms with E-state index < -0.39 is 23.3 Å². The van der Waals surface area contributed by atoms with Gasteiger partial charge in [0.15, 0.2) is 0 Å². The number of hydrogen-bond acceptors (Lipinski definition) is 5. The van der Waals surface area contributed by atoms with Crippen LogP contribution in [0.1, 0.15) is 31.9 Å². The van der Waals surface area contributed by atoms with E-state index in [1.54, 1.807) is 20.8 Å². The zero-order valence-corrected chi connectivity index (χ0v) is 18.2. The molecule has 0 saturated heterocycles. The maximum Gasteiger partial charge on any atom is 0.416 e. The molecule has 10 heteroatoms. The molecule has 0 unspecified atom stereocenters. The second kappa shape index (κ2) is 10.4. The molecule has 1 aromatic carbocycles. The normalized spacial score (nSPS) is 12.8. The Hall–Kier alpha value is -2.88. The lowest BCUT2D eigenvalue weighted by Gasteiger charge is -2.18. The molecule has 0 saturated carbocycles. The van der Waals surface area contributed by atoms with Crippen LogP contribution in [0.15, 0.2) is 29.1 Å². The van der Waals surface area contributed by atoms with Gasteiger partial charge in [0.05, 0.1) is 22.8 Å². The zero-order chi connectivity index (χ0) is 23.2. The van der Waals surface area contributed by atoms with Crippen molar-refractivity contribution < 1.29 is 27.5 Å². The van der Waals surface area contributed by atoms with Gasteiger partial charge in [-0.3, -0.25) is 14.2 Å². The van der Waals surface area contributed by atoms with Crippen molar-refractivity contribution in [2.75, 3.05) is 19.7 Å². The molecule has 0 aliphatic heterocycles. The van der Waals surface area contributed by atoms with Gasteiger partial charge in [-0.25, -0.2) is 4.79 Å². The number of alkyl halides is 3. The molecule has 0 aliphatic rings. The van der Waals surface area contributed by atoms with Gasteiger partial charge in [0, 0.05) is 13.1 Å². The number of esters is 1. The first kappa shape index (κ1) is 24.4. The molecule has 1 aromatic heterocycles. The van der Waals surface area contributed by atoms with E-state index in [1.807, 2.05) is 0 Å². The second-order valence-corrected chi connectivity index (χ2v) is 7.45. The van der Waals surface area contributed by atoms with Crippen LogP contribution in [0.4, 0.5) is 13.2 Å². The van der Waals surface area contributed by atoms with E-state index in [9.17, 15) is 27.6 Å². The Kier molecular flexibility index (Phi) is 8.21. The predicted molar refractivity (Wildman–Crippen MR) is 112 cm³/mol. The number of nitrogens with zero attached hydrogens (tertiary/aromatic N) is 2. The predicted octanol–water partition coefficient (Wildman–Crippen LogP) is 1.97. The van der Waals surface area contributed by atoms with Crippen molar-refractivity contribution in [1.29, 1.82) is 0 Å². The van der Waals surface area contributed by atoms with Crippen LogP contribution in [-0.2, 0) is 27.0 Å². The van der Waals surface area contributed by atoms with Gasteiger partial charge in [0.25, 0.3) is 5.56 Å². The van der Waals surface area contributed by atoms with Crippen molar-refractivity contribution in [2.45, 2.75) is 33.5 Å². The van der Waals surface area contributed by atoms with Crippen LogP contribution in [0, 0.1) is 0 Å². The number of amides is 1. The smallest absolute Gasteiger partial charge is 0.416 e. The van der Waals surface area contributed by atoms with Crippen molar-refractivity contribution in [3.8, 4) is 0 Å². The minimum atomic E-state index is -4.60. The van der Waals surface area contributed by atoms with E-state index >= 15 is 0 Å². The van der Waals surface area contributed by atoms with Crippen LogP contribution in [0.5, 0.6) is 0 Å². The first-order valence-electron chi connectivity index (χ1n) is 9.66. The van der Waals surface area contributed by atoms with E-state index in [4.69, 9.17) is 4.74 Å². The Balaban J connectivity index is 2.68. The summed E-state index contributed by atoms with van der Waals surface area (Å²) in [7, 11) is 0. The number of carbonyl (C=O) groups is 2. The fourth-order valence-electron chi connectivity index (χ4n) is 2.91. The Bertz CT molecular complexity index is 1110. The quantitative estimate of drug-likeness (QED) is 0.598. The van der Waals surface area contributed by atoms with Crippen molar-refractivity contribution in [3.05, 3.63) is 54.9 Å². The standard InChI is InChI=1S/C21H23F3N2O4S/c1-4-25(5-2)17(27)13-26-18(12-19(28)30-6-3)31-16(20(26)29)11-14-9-7-8-10-15(14)21(22,23)24/h7-12H,4-6,13H2,1-3H3/b16-11-,18-12-. The van der Waals surface area contributed by atoms with E-state index in [2.05, 4.69) is 0 Å². The third-order valence-corrected chi connectivity index (χ3v) is 5.49. The summed E-state index contributed by atoms with van der Waals surface area (Å²) in [6, 6.07) is 4.87. The topological polar surface area (TPSA) is 68.6 Å². The number of likely N-dealkylation sites (N-methyl/N-ethyl adjacent to an activating group) is 1. The van der Waals surface area contributed by atoms with Crippen LogP contribution < -0.4 is 14.8 Å². The molecule has 31 heavy (non-hydrogen) atoms. The maximum absolute atomic E-state index is 13.3. The number of carbonyl (C=O) groups excluding carboxylic acids is 2. The highest BCUT2D eigenvalue weighted by Crippen LogP contribution is 2.32. The molecule has 6 nitrogen and oxygen atoms in total. The van der Waals surface area contributed by atoms with Crippen LogP contribution in [0.25, 0.3) is 12.2 Å². The van der Waals surface area contributed by atoms with Crippen molar-refractivity contribution >= 4 is 35.4 Å². The van der Waals surface area contributed by atoms with E-state index in [-0.39, 0.29) is 33.8 Å². The Labute approximate surface area is 180 Å².